The van der Waals surface area contributed by atoms with Crippen molar-refractivity contribution >= 4 is 29.0 Å². The summed E-state index contributed by atoms with van der Waals surface area (Å²) >= 11 is 6.49. The van der Waals surface area contributed by atoms with E-state index >= 15 is 0 Å². The van der Waals surface area contributed by atoms with E-state index in [4.69, 9.17) is 31.3 Å². The molecule has 1 atom stereocenters. The second kappa shape index (κ2) is 10.2. The zero-order valence-corrected chi connectivity index (χ0v) is 20.4. The molecule has 1 aliphatic carbocycles. The molecule has 5 rings (SSSR count). The Morgan fingerprint density at radius 3 is 2.64 bits per heavy atom. The van der Waals surface area contributed by atoms with Crippen LogP contribution >= 0.6 is 11.6 Å². The van der Waals surface area contributed by atoms with E-state index in [9.17, 15) is 0 Å². The lowest BCUT2D eigenvalue weighted by Gasteiger charge is -2.41. The topological polar surface area (TPSA) is 68.4 Å². The number of imidazole rings is 1. The van der Waals surface area contributed by atoms with Crippen LogP contribution < -0.4 is 0 Å². The molecule has 1 unspecified atom stereocenters. The number of likely N-dealkylation sites (tertiary alicyclic amines) is 1. The Balaban J connectivity index is 1.36. The maximum Gasteiger partial charge on any atom is 0.224 e. The summed E-state index contributed by atoms with van der Waals surface area (Å²) < 4.78 is 7.39. The van der Waals surface area contributed by atoms with Crippen molar-refractivity contribution in [1.82, 2.24) is 24.4 Å². The van der Waals surface area contributed by atoms with Gasteiger partial charge in [0, 0.05) is 39.1 Å². The Kier molecular flexibility index (Phi) is 7.09. The zero-order valence-electron chi connectivity index (χ0n) is 19.6. The minimum atomic E-state index is -0.636. The first-order valence-electron chi connectivity index (χ1n) is 12.6. The number of nitrogens with zero attached hydrogens (tertiary/aromatic N) is 6. The average Bonchev–Trinajstić information content (AvgIpc) is 3.59. The van der Waals surface area contributed by atoms with Gasteiger partial charge >= 0.3 is 0 Å². The highest BCUT2D eigenvalue weighted by molar-refractivity contribution is 6.28. The maximum atomic E-state index is 6.49. The summed E-state index contributed by atoms with van der Waals surface area (Å²) in [6.45, 7) is 2.87. The maximum absolute atomic E-state index is 6.49. The van der Waals surface area contributed by atoms with E-state index in [1.165, 1.54) is 57.8 Å². The molecular formula is C25H35ClN6O. The molecule has 1 saturated heterocycles. The number of allylic oxidation sites excluding steroid dienone is 1. The lowest BCUT2D eigenvalue weighted by atomic mass is 9.89. The van der Waals surface area contributed by atoms with Crippen LogP contribution in [0.25, 0.3) is 11.2 Å². The van der Waals surface area contributed by atoms with Crippen molar-refractivity contribution in [2.24, 2.45) is 10.9 Å². The van der Waals surface area contributed by atoms with E-state index in [2.05, 4.69) is 20.5 Å². The van der Waals surface area contributed by atoms with E-state index < -0.39 is 5.66 Å². The molecule has 33 heavy (non-hydrogen) atoms. The summed E-state index contributed by atoms with van der Waals surface area (Å²) in [7, 11) is 1.78. The summed E-state index contributed by atoms with van der Waals surface area (Å²) in [6, 6.07) is 0.451. The first-order chi connectivity index (χ1) is 16.2. The molecule has 2 aromatic heterocycles. The second-order valence-electron chi connectivity index (χ2n) is 9.74. The second-order valence-corrected chi connectivity index (χ2v) is 10.1. The molecule has 8 heteroatoms. The molecule has 0 radical (unpaired) electrons. The number of hydrogen-bond acceptors (Lipinski definition) is 6. The Labute approximate surface area is 201 Å². The molecule has 0 aromatic carbocycles. The highest BCUT2D eigenvalue weighted by Crippen LogP contribution is 2.41. The van der Waals surface area contributed by atoms with Gasteiger partial charge in [0.2, 0.25) is 5.28 Å². The Morgan fingerprint density at radius 2 is 1.91 bits per heavy atom. The largest absolute Gasteiger partial charge is 0.385 e. The van der Waals surface area contributed by atoms with Gasteiger partial charge in [0.25, 0.3) is 0 Å². The number of ether oxygens (including phenoxy) is 1. The quantitative estimate of drug-likeness (QED) is 0.367. The highest BCUT2D eigenvalue weighted by Gasteiger charge is 2.43. The lowest BCUT2D eigenvalue weighted by Crippen LogP contribution is -2.47. The standard InChI is InChI=1S/C25H35ClN6O/c1-33-17-6-2-3-8-19-11-15-31(16-12-19)25(13-7-14-28-25)22-21-23(30-24(26)29-22)32(18-27-21)20-9-4-5-10-20/h7,13-14,18-20H,2-6,8-12,15-17H2,1H3. The molecule has 178 valence electrons. The number of hydrogen-bond donors (Lipinski definition) is 0. The number of methoxy groups -OCH3 is 1. The lowest BCUT2D eigenvalue weighted by molar-refractivity contribution is 0.0835. The molecule has 2 fully saturated rings. The van der Waals surface area contributed by atoms with Gasteiger partial charge in [-0.2, -0.15) is 4.98 Å². The van der Waals surface area contributed by atoms with E-state index in [0.717, 1.165) is 48.9 Å². The van der Waals surface area contributed by atoms with Crippen molar-refractivity contribution in [3.8, 4) is 0 Å². The van der Waals surface area contributed by atoms with Gasteiger partial charge in [-0.1, -0.05) is 32.1 Å². The third-order valence-corrected chi connectivity index (χ3v) is 7.87. The first-order valence-corrected chi connectivity index (χ1v) is 13.0. The monoisotopic (exact) mass is 470 g/mol. The van der Waals surface area contributed by atoms with Crippen LogP contribution in [0.4, 0.5) is 0 Å². The van der Waals surface area contributed by atoms with Crippen molar-refractivity contribution in [3.63, 3.8) is 0 Å². The predicted octanol–water partition coefficient (Wildman–Crippen LogP) is 5.31. The molecule has 7 nitrogen and oxygen atoms in total. The molecule has 3 aliphatic rings. The molecule has 2 aromatic rings. The molecule has 0 spiro atoms. The van der Waals surface area contributed by atoms with Gasteiger partial charge in [0.05, 0.1) is 6.33 Å². The summed E-state index contributed by atoms with van der Waals surface area (Å²) in [6.07, 6.45) is 20.2. The van der Waals surface area contributed by atoms with Gasteiger partial charge < -0.3 is 9.30 Å². The molecule has 0 N–H and O–H groups in total. The zero-order chi connectivity index (χ0) is 22.7. The van der Waals surface area contributed by atoms with Gasteiger partial charge in [-0.15, -0.1) is 0 Å². The number of piperidine rings is 1. The minimum Gasteiger partial charge on any atom is -0.385 e. The molecular weight excluding hydrogens is 436 g/mol. The van der Waals surface area contributed by atoms with E-state index in [1.807, 2.05) is 18.6 Å². The highest BCUT2D eigenvalue weighted by atomic mass is 35.5. The van der Waals surface area contributed by atoms with Crippen LogP contribution in [0.1, 0.15) is 75.9 Å². The fraction of sp³-hybridized carbons (Fsp3) is 0.680. The van der Waals surface area contributed by atoms with Crippen molar-refractivity contribution < 1.29 is 4.74 Å². The van der Waals surface area contributed by atoms with Crippen LogP contribution in [0, 0.1) is 5.92 Å². The van der Waals surface area contributed by atoms with Crippen molar-refractivity contribution in [3.05, 3.63) is 29.5 Å². The molecule has 0 amide bonds. The number of aromatic nitrogens is 4. The van der Waals surface area contributed by atoms with Crippen molar-refractivity contribution in [1.29, 1.82) is 0 Å². The number of unbranched alkanes of at least 4 members (excludes halogenated alkanes) is 2. The molecule has 0 bridgehead atoms. The Hall–Kier alpha value is -1.83. The summed E-state index contributed by atoms with van der Waals surface area (Å²) in [5, 5.41) is 0.276. The van der Waals surface area contributed by atoms with Crippen LogP contribution in [0.2, 0.25) is 5.28 Å². The third kappa shape index (κ3) is 4.60. The van der Waals surface area contributed by atoms with Crippen LogP contribution in [-0.2, 0) is 10.4 Å². The molecule has 2 aliphatic heterocycles. The molecule has 4 heterocycles. The third-order valence-electron chi connectivity index (χ3n) is 7.70. The normalized spacial score (nSPS) is 24.5. The van der Waals surface area contributed by atoms with Crippen LogP contribution in [-0.4, -0.2) is 57.4 Å². The number of halogens is 1. The average molecular weight is 471 g/mol. The van der Waals surface area contributed by atoms with Gasteiger partial charge in [-0.3, -0.25) is 9.89 Å². The van der Waals surface area contributed by atoms with E-state index in [0.29, 0.717) is 6.04 Å². The minimum absolute atomic E-state index is 0.276. The van der Waals surface area contributed by atoms with Gasteiger partial charge in [0.1, 0.15) is 11.2 Å². The summed E-state index contributed by atoms with van der Waals surface area (Å²) in [5.74, 6) is 0.783. The number of rotatable bonds is 9. The smallest absolute Gasteiger partial charge is 0.224 e. The fourth-order valence-corrected chi connectivity index (χ4v) is 6.03. The van der Waals surface area contributed by atoms with E-state index in [1.54, 1.807) is 7.11 Å². The number of fused-ring (bicyclic) bond motifs is 1. The SMILES string of the molecule is COCCCCCC1CCN(C2(c3nc(Cl)nc4c3ncn4C3CCCC3)C=CC=N2)CC1. The van der Waals surface area contributed by atoms with Crippen LogP contribution in [0.3, 0.4) is 0 Å². The fourth-order valence-electron chi connectivity index (χ4n) is 5.87. The summed E-state index contributed by atoms with van der Waals surface area (Å²) in [4.78, 5) is 21.6. The van der Waals surface area contributed by atoms with Gasteiger partial charge in [0.15, 0.2) is 11.3 Å². The Morgan fingerprint density at radius 1 is 1.09 bits per heavy atom. The van der Waals surface area contributed by atoms with Gasteiger partial charge in [-0.05, 0) is 61.8 Å². The van der Waals surface area contributed by atoms with Gasteiger partial charge in [-0.25, -0.2) is 9.97 Å². The molecule has 1 saturated carbocycles. The van der Waals surface area contributed by atoms with Crippen LogP contribution in [0.15, 0.2) is 23.5 Å². The predicted molar refractivity (Wildman–Crippen MR) is 132 cm³/mol. The summed E-state index contributed by atoms with van der Waals surface area (Å²) in [5.41, 5.74) is 1.86. The van der Waals surface area contributed by atoms with E-state index in [-0.39, 0.29) is 5.28 Å². The van der Waals surface area contributed by atoms with Crippen LogP contribution in [0.5, 0.6) is 0 Å². The first kappa shape index (κ1) is 22.9. The Bertz CT molecular complexity index is 992. The van der Waals surface area contributed by atoms with Crippen molar-refractivity contribution in [2.45, 2.75) is 75.9 Å². The number of aliphatic imine (C=N–C) groups is 1. The van der Waals surface area contributed by atoms with Crippen molar-refractivity contribution in [2.75, 3.05) is 26.8 Å².